The van der Waals surface area contributed by atoms with Gasteiger partial charge in [-0.1, -0.05) is 46.6 Å². The summed E-state index contributed by atoms with van der Waals surface area (Å²) < 4.78 is 7.59. The third kappa shape index (κ3) is 6.02. The van der Waals surface area contributed by atoms with Gasteiger partial charge in [-0.15, -0.1) is 10.2 Å². The van der Waals surface area contributed by atoms with Gasteiger partial charge in [-0.3, -0.25) is 4.79 Å². The van der Waals surface area contributed by atoms with E-state index in [2.05, 4.69) is 15.5 Å². The number of hydrogen-bond donors (Lipinski definition) is 1. The van der Waals surface area contributed by atoms with Crippen LogP contribution in [-0.4, -0.2) is 26.4 Å². The van der Waals surface area contributed by atoms with Crippen molar-refractivity contribution in [3.63, 3.8) is 0 Å². The lowest BCUT2D eigenvalue weighted by atomic mass is 10.2. The van der Waals surface area contributed by atoms with Gasteiger partial charge in [-0.25, -0.2) is 0 Å². The fourth-order valence-electron chi connectivity index (χ4n) is 2.47. The van der Waals surface area contributed by atoms with Crippen molar-refractivity contribution in [3.05, 3.63) is 62.9 Å². The van der Waals surface area contributed by atoms with Crippen LogP contribution in [-0.2, 0) is 18.4 Å². The summed E-state index contributed by atoms with van der Waals surface area (Å²) in [6, 6.07) is 10.3. The summed E-state index contributed by atoms with van der Waals surface area (Å²) in [6.45, 7) is 2.17. The van der Waals surface area contributed by atoms with Crippen molar-refractivity contribution in [2.24, 2.45) is 7.05 Å². The average molecular weight is 472 g/mol. The SMILES string of the molecule is Cc1cc(Cl)ccc1OCc1nnc(SCC(=O)Nc2cc(Cl)cc(Cl)c2)n1C. The number of rotatable bonds is 7. The van der Waals surface area contributed by atoms with Crippen LogP contribution in [0.4, 0.5) is 5.69 Å². The largest absolute Gasteiger partial charge is 0.485 e. The number of aromatic nitrogens is 3. The van der Waals surface area contributed by atoms with Gasteiger partial charge in [0.2, 0.25) is 5.91 Å². The standard InChI is InChI=1S/C19H17Cl3N4O2S/c1-11-5-12(20)3-4-16(11)28-9-17-24-25-19(26(17)2)29-10-18(27)23-15-7-13(21)6-14(22)8-15/h3-8H,9-10H2,1-2H3,(H,23,27). The number of halogens is 3. The molecule has 3 rings (SSSR count). The molecule has 0 saturated heterocycles. The second-order valence-corrected chi connectivity index (χ2v) is 8.40. The van der Waals surface area contributed by atoms with E-state index in [9.17, 15) is 4.79 Å². The molecule has 6 nitrogen and oxygen atoms in total. The lowest BCUT2D eigenvalue weighted by Crippen LogP contribution is -2.14. The molecule has 3 aromatic rings. The molecule has 1 aromatic heterocycles. The van der Waals surface area contributed by atoms with Crippen molar-refractivity contribution in [2.75, 3.05) is 11.1 Å². The van der Waals surface area contributed by atoms with Crippen molar-refractivity contribution < 1.29 is 9.53 Å². The molecule has 0 atom stereocenters. The summed E-state index contributed by atoms with van der Waals surface area (Å²) in [5, 5.41) is 13.2. The van der Waals surface area contributed by atoms with E-state index >= 15 is 0 Å². The number of hydrogen-bond acceptors (Lipinski definition) is 5. The average Bonchev–Trinajstić information content (AvgIpc) is 2.98. The maximum atomic E-state index is 12.2. The maximum Gasteiger partial charge on any atom is 0.234 e. The van der Waals surface area contributed by atoms with Crippen LogP contribution >= 0.6 is 46.6 Å². The molecule has 0 fully saturated rings. The Bertz CT molecular complexity index is 1020. The third-order valence-electron chi connectivity index (χ3n) is 3.90. The Kier molecular flexibility index (Phi) is 7.29. The van der Waals surface area contributed by atoms with E-state index in [4.69, 9.17) is 39.5 Å². The zero-order chi connectivity index (χ0) is 21.0. The zero-order valence-electron chi connectivity index (χ0n) is 15.6. The normalized spacial score (nSPS) is 10.8. The van der Waals surface area contributed by atoms with Gasteiger partial charge in [-0.2, -0.15) is 0 Å². The van der Waals surface area contributed by atoms with E-state index in [0.717, 1.165) is 11.3 Å². The zero-order valence-corrected chi connectivity index (χ0v) is 18.7. The highest BCUT2D eigenvalue weighted by atomic mass is 35.5. The minimum atomic E-state index is -0.203. The summed E-state index contributed by atoms with van der Waals surface area (Å²) in [5.74, 6) is 1.33. The van der Waals surface area contributed by atoms with Crippen LogP contribution < -0.4 is 10.1 Å². The van der Waals surface area contributed by atoms with Crippen LogP contribution in [0.5, 0.6) is 5.75 Å². The molecule has 0 unspecified atom stereocenters. The molecule has 0 bridgehead atoms. The number of aryl methyl sites for hydroxylation is 1. The van der Waals surface area contributed by atoms with Crippen molar-refractivity contribution in [1.82, 2.24) is 14.8 Å². The Morgan fingerprint density at radius 2 is 1.83 bits per heavy atom. The summed E-state index contributed by atoms with van der Waals surface area (Å²) in [5.41, 5.74) is 1.48. The molecule has 1 heterocycles. The molecule has 1 N–H and O–H groups in total. The molecule has 0 radical (unpaired) electrons. The van der Waals surface area contributed by atoms with Gasteiger partial charge >= 0.3 is 0 Å². The summed E-state index contributed by atoms with van der Waals surface area (Å²) >= 11 is 19.1. The first kappa shape index (κ1) is 21.8. The second kappa shape index (κ2) is 9.71. The van der Waals surface area contributed by atoms with E-state index in [0.29, 0.717) is 31.7 Å². The Hall–Kier alpha value is -1.93. The van der Waals surface area contributed by atoms with Gasteiger partial charge in [0.15, 0.2) is 11.0 Å². The molecule has 152 valence electrons. The van der Waals surface area contributed by atoms with Crippen LogP contribution in [0.25, 0.3) is 0 Å². The van der Waals surface area contributed by atoms with Crippen molar-refractivity contribution >= 4 is 58.2 Å². The van der Waals surface area contributed by atoms with Crippen molar-refractivity contribution in [2.45, 2.75) is 18.7 Å². The van der Waals surface area contributed by atoms with Crippen molar-refractivity contribution in [3.8, 4) is 5.75 Å². The molecule has 0 aliphatic heterocycles. The lowest BCUT2D eigenvalue weighted by molar-refractivity contribution is -0.113. The number of ether oxygens (including phenoxy) is 1. The minimum absolute atomic E-state index is 0.160. The van der Waals surface area contributed by atoms with Gasteiger partial charge in [0.1, 0.15) is 12.4 Å². The first-order chi connectivity index (χ1) is 13.8. The van der Waals surface area contributed by atoms with E-state index < -0.39 is 0 Å². The number of carbonyl (C=O) groups excluding carboxylic acids is 1. The predicted octanol–water partition coefficient (Wildman–Crippen LogP) is 5.39. The summed E-state index contributed by atoms with van der Waals surface area (Å²) in [6.07, 6.45) is 0. The van der Waals surface area contributed by atoms with Crippen LogP contribution in [0.3, 0.4) is 0 Å². The number of anilines is 1. The quantitative estimate of drug-likeness (QED) is 0.468. The Labute approximate surface area is 187 Å². The van der Waals surface area contributed by atoms with E-state index in [1.54, 1.807) is 28.8 Å². The van der Waals surface area contributed by atoms with Crippen molar-refractivity contribution in [1.29, 1.82) is 0 Å². The van der Waals surface area contributed by atoms with Crippen LogP contribution in [0, 0.1) is 6.92 Å². The topological polar surface area (TPSA) is 69.0 Å². The smallest absolute Gasteiger partial charge is 0.234 e. The highest BCUT2D eigenvalue weighted by Crippen LogP contribution is 2.24. The molecule has 0 spiro atoms. The molecule has 10 heteroatoms. The van der Waals surface area contributed by atoms with E-state index in [1.807, 2.05) is 26.1 Å². The number of nitrogens with one attached hydrogen (secondary N) is 1. The summed E-state index contributed by atoms with van der Waals surface area (Å²) in [4.78, 5) is 12.2. The Morgan fingerprint density at radius 1 is 1.10 bits per heavy atom. The number of carbonyl (C=O) groups is 1. The molecule has 0 aliphatic rings. The highest BCUT2D eigenvalue weighted by Gasteiger charge is 2.13. The van der Waals surface area contributed by atoms with E-state index in [-0.39, 0.29) is 18.3 Å². The first-order valence-electron chi connectivity index (χ1n) is 8.48. The van der Waals surface area contributed by atoms with Crippen LogP contribution in [0.2, 0.25) is 15.1 Å². The predicted molar refractivity (Wildman–Crippen MR) is 117 cm³/mol. The minimum Gasteiger partial charge on any atom is -0.485 e. The first-order valence-corrected chi connectivity index (χ1v) is 10.6. The molecule has 2 aromatic carbocycles. The molecule has 0 saturated carbocycles. The highest BCUT2D eigenvalue weighted by molar-refractivity contribution is 7.99. The molecular formula is C19H17Cl3N4O2S. The third-order valence-corrected chi connectivity index (χ3v) is 5.59. The van der Waals surface area contributed by atoms with Crippen LogP contribution in [0.15, 0.2) is 41.6 Å². The monoisotopic (exact) mass is 470 g/mol. The summed E-state index contributed by atoms with van der Waals surface area (Å²) in [7, 11) is 1.82. The molecule has 0 aliphatic carbocycles. The number of benzene rings is 2. The van der Waals surface area contributed by atoms with E-state index in [1.165, 1.54) is 11.8 Å². The number of thioether (sulfide) groups is 1. The Morgan fingerprint density at radius 3 is 2.52 bits per heavy atom. The maximum absolute atomic E-state index is 12.2. The van der Waals surface area contributed by atoms with Crippen LogP contribution in [0.1, 0.15) is 11.4 Å². The molecule has 29 heavy (non-hydrogen) atoms. The fourth-order valence-corrected chi connectivity index (χ4v) is 3.95. The van der Waals surface area contributed by atoms with Gasteiger partial charge in [-0.05, 0) is 48.9 Å². The Balaban J connectivity index is 1.55. The van der Waals surface area contributed by atoms with Gasteiger partial charge < -0.3 is 14.6 Å². The fraction of sp³-hybridized carbons (Fsp3) is 0.211. The molecule has 1 amide bonds. The number of amides is 1. The lowest BCUT2D eigenvalue weighted by Gasteiger charge is -2.09. The van der Waals surface area contributed by atoms with Gasteiger partial charge in [0.05, 0.1) is 5.75 Å². The second-order valence-electron chi connectivity index (χ2n) is 6.15. The van der Waals surface area contributed by atoms with Gasteiger partial charge in [0.25, 0.3) is 0 Å². The number of nitrogens with zero attached hydrogens (tertiary/aromatic N) is 3. The molecular weight excluding hydrogens is 455 g/mol. The van der Waals surface area contributed by atoms with Gasteiger partial charge in [0, 0.05) is 27.8 Å².